The van der Waals surface area contributed by atoms with Crippen LogP contribution in [0.4, 0.5) is 0 Å². The lowest BCUT2D eigenvalue weighted by Gasteiger charge is -2.30. The van der Waals surface area contributed by atoms with E-state index < -0.39 is 0 Å². The fraction of sp³-hybridized carbons (Fsp3) is 0.739. The van der Waals surface area contributed by atoms with Crippen LogP contribution in [0, 0.1) is 24.2 Å². The Morgan fingerprint density at radius 3 is 2.71 bits per heavy atom. The first-order valence-corrected chi connectivity index (χ1v) is 10.8. The molecule has 1 aliphatic heterocycles. The van der Waals surface area contributed by atoms with Gasteiger partial charge in [-0.3, -0.25) is 9.59 Å². The number of ether oxygens (including phenoxy) is 1. The minimum Gasteiger partial charge on any atom is -0.381 e. The average molecular weight is 389 g/mol. The Balaban J connectivity index is 1.81. The van der Waals surface area contributed by atoms with Gasteiger partial charge in [-0.2, -0.15) is 0 Å². The molecule has 0 saturated carbocycles. The largest absolute Gasteiger partial charge is 0.381 e. The van der Waals surface area contributed by atoms with Gasteiger partial charge in [0.05, 0.1) is 13.0 Å². The molecule has 3 rings (SSSR count). The van der Waals surface area contributed by atoms with Gasteiger partial charge in [-0.25, -0.2) is 0 Å². The summed E-state index contributed by atoms with van der Waals surface area (Å²) < 4.78 is 7.80. The summed E-state index contributed by atoms with van der Waals surface area (Å²) in [5.74, 6) is 1.10. The van der Waals surface area contributed by atoms with Crippen molar-refractivity contribution in [3.8, 4) is 0 Å². The van der Waals surface area contributed by atoms with Crippen LogP contribution < -0.4 is 5.32 Å². The minimum atomic E-state index is -0.0237. The normalized spacial score (nSPS) is 21.6. The van der Waals surface area contributed by atoms with Crippen LogP contribution in [0.2, 0.25) is 0 Å². The predicted molar refractivity (Wildman–Crippen MR) is 111 cm³/mol. The number of aromatic nitrogens is 1. The summed E-state index contributed by atoms with van der Waals surface area (Å²) >= 11 is 0. The van der Waals surface area contributed by atoms with Crippen molar-refractivity contribution in [2.24, 2.45) is 17.3 Å². The van der Waals surface area contributed by atoms with E-state index in [1.807, 2.05) is 0 Å². The summed E-state index contributed by atoms with van der Waals surface area (Å²) in [6.45, 7) is 13.9. The molecule has 5 nitrogen and oxygen atoms in total. The van der Waals surface area contributed by atoms with Gasteiger partial charge in [0.1, 0.15) is 0 Å². The van der Waals surface area contributed by atoms with Crippen molar-refractivity contribution in [3.05, 3.63) is 22.5 Å². The SMILES string of the molecule is Cc1c(CC(=O)NC[C@@H]2CCCOC2)c2c(n1CC(C)C)CC(C)(C)CC2=O. The van der Waals surface area contributed by atoms with Gasteiger partial charge in [0.2, 0.25) is 5.91 Å². The third-order valence-corrected chi connectivity index (χ3v) is 6.05. The van der Waals surface area contributed by atoms with Crippen LogP contribution in [-0.2, 0) is 28.9 Å². The number of Topliss-reactive ketones (excluding diaryl/α,β-unsaturated/α-hetero) is 1. The van der Waals surface area contributed by atoms with E-state index in [-0.39, 0.29) is 17.1 Å². The second-order valence-electron chi connectivity index (χ2n) is 9.90. The molecule has 28 heavy (non-hydrogen) atoms. The topological polar surface area (TPSA) is 60.3 Å². The molecule has 5 heteroatoms. The monoisotopic (exact) mass is 388 g/mol. The molecule has 2 heterocycles. The van der Waals surface area contributed by atoms with Crippen LogP contribution in [0.3, 0.4) is 0 Å². The standard InChI is InChI=1S/C23H36N2O3/c1-15(2)13-25-16(3)18(22-19(25)10-23(4,5)11-20(22)26)9-21(27)24-12-17-7-6-8-28-14-17/h15,17H,6-14H2,1-5H3,(H,24,27)/t17-/m0/s1. The second-order valence-corrected chi connectivity index (χ2v) is 9.90. The summed E-state index contributed by atoms with van der Waals surface area (Å²) in [6, 6.07) is 0. The molecule has 0 aromatic carbocycles. The van der Waals surface area contributed by atoms with Crippen molar-refractivity contribution in [2.45, 2.75) is 73.3 Å². The first kappa shape index (κ1) is 21.1. The molecule has 1 atom stereocenters. The highest BCUT2D eigenvalue weighted by Gasteiger charge is 2.37. The molecule has 0 spiro atoms. The van der Waals surface area contributed by atoms with Gasteiger partial charge >= 0.3 is 0 Å². The predicted octanol–water partition coefficient (Wildman–Crippen LogP) is 3.69. The first-order chi connectivity index (χ1) is 13.2. The molecule has 1 aliphatic carbocycles. The summed E-state index contributed by atoms with van der Waals surface area (Å²) in [5, 5.41) is 3.08. The van der Waals surface area contributed by atoms with E-state index in [1.165, 1.54) is 0 Å². The summed E-state index contributed by atoms with van der Waals surface area (Å²) in [7, 11) is 0. The molecule has 1 saturated heterocycles. The number of amides is 1. The van der Waals surface area contributed by atoms with Gasteiger partial charge in [-0.05, 0) is 49.0 Å². The molecule has 156 valence electrons. The highest BCUT2D eigenvalue weighted by Crippen LogP contribution is 2.39. The van der Waals surface area contributed by atoms with Crippen LogP contribution in [-0.4, -0.2) is 36.0 Å². The smallest absolute Gasteiger partial charge is 0.224 e. The highest BCUT2D eigenvalue weighted by atomic mass is 16.5. The molecule has 0 unspecified atom stereocenters. The minimum absolute atomic E-state index is 0.0100. The van der Waals surface area contributed by atoms with Crippen molar-refractivity contribution in [3.63, 3.8) is 0 Å². The summed E-state index contributed by atoms with van der Waals surface area (Å²) in [6.07, 6.45) is 3.91. The lowest BCUT2D eigenvalue weighted by Crippen LogP contribution is -2.34. The van der Waals surface area contributed by atoms with E-state index in [4.69, 9.17) is 4.74 Å². The van der Waals surface area contributed by atoms with Crippen LogP contribution in [0.15, 0.2) is 0 Å². The number of rotatable bonds is 6. The molecule has 1 aromatic heterocycles. The number of carbonyl (C=O) groups is 2. The first-order valence-electron chi connectivity index (χ1n) is 10.8. The quantitative estimate of drug-likeness (QED) is 0.808. The Morgan fingerprint density at radius 2 is 2.07 bits per heavy atom. The van der Waals surface area contributed by atoms with Gasteiger partial charge in [0.15, 0.2) is 5.78 Å². The maximum absolute atomic E-state index is 13.0. The van der Waals surface area contributed by atoms with Crippen LogP contribution in [0.1, 0.15) is 74.3 Å². The second kappa shape index (κ2) is 8.40. The third-order valence-electron chi connectivity index (χ3n) is 6.05. The molecule has 2 aliphatic rings. The van der Waals surface area contributed by atoms with Gasteiger partial charge in [0, 0.05) is 43.1 Å². The zero-order chi connectivity index (χ0) is 20.5. The number of hydrogen-bond donors (Lipinski definition) is 1. The van der Waals surface area contributed by atoms with E-state index in [2.05, 4.69) is 44.5 Å². The van der Waals surface area contributed by atoms with Crippen molar-refractivity contribution in [1.29, 1.82) is 0 Å². The van der Waals surface area contributed by atoms with Crippen molar-refractivity contribution in [2.75, 3.05) is 19.8 Å². The van der Waals surface area contributed by atoms with Gasteiger partial charge < -0.3 is 14.6 Å². The Kier molecular flexibility index (Phi) is 6.33. The van der Waals surface area contributed by atoms with E-state index in [0.717, 1.165) is 61.5 Å². The number of nitrogens with one attached hydrogen (secondary N) is 1. The maximum atomic E-state index is 13.0. The number of carbonyl (C=O) groups excluding carboxylic acids is 2. The van der Waals surface area contributed by atoms with Crippen LogP contribution in [0.25, 0.3) is 0 Å². The molecular weight excluding hydrogens is 352 g/mol. The highest BCUT2D eigenvalue weighted by molar-refractivity contribution is 6.01. The lowest BCUT2D eigenvalue weighted by molar-refractivity contribution is -0.120. The zero-order valence-electron chi connectivity index (χ0n) is 18.2. The number of nitrogens with zero attached hydrogens (tertiary/aromatic N) is 1. The van der Waals surface area contributed by atoms with Gasteiger partial charge in [-0.15, -0.1) is 0 Å². The lowest BCUT2D eigenvalue weighted by atomic mass is 9.75. The zero-order valence-corrected chi connectivity index (χ0v) is 18.2. The molecule has 1 aromatic rings. The van der Waals surface area contributed by atoms with E-state index in [0.29, 0.717) is 31.2 Å². The molecule has 1 amide bonds. The maximum Gasteiger partial charge on any atom is 0.224 e. The fourth-order valence-electron chi connectivity index (χ4n) is 4.69. The number of fused-ring (bicyclic) bond motifs is 1. The Bertz CT molecular complexity index is 740. The van der Waals surface area contributed by atoms with Gasteiger partial charge in [-0.1, -0.05) is 27.7 Å². The van der Waals surface area contributed by atoms with E-state index in [9.17, 15) is 9.59 Å². The van der Waals surface area contributed by atoms with Crippen LogP contribution in [0.5, 0.6) is 0 Å². The Labute approximate surface area is 169 Å². The molecular formula is C23H36N2O3. The molecule has 1 fully saturated rings. The fourth-order valence-corrected chi connectivity index (χ4v) is 4.69. The number of hydrogen-bond acceptors (Lipinski definition) is 3. The van der Waals surface area contributed by atoms with Crippen molar-refractivity contribution in [1.82, 2.24) is 9.88 Å². The van der Waals surface area contributed by atoms with E-state index >= 15 is 0 Å². The summed E-state index contributed by atoms with van der Waals surface area (Å²) in [5.41, 5.74) is 3.96. The molecule has 1 N–H and O–H groups in total. The van der Waals surface area contributed by atoms with Crippen molar-refractivity contribution < 1.29 is 14.3 Å². The molecule has 0 radical (unpaired) electrons. The summed E-state index contributed by atoms with van der Waals surface area (Å²) in [4.78, 5) is 25.7. The average Bonchev–Trinajstić information content (AvgIpc) is 2.85. The van der Waals surface area contributed by atoms with Crippen molar-refractivity contribution >= 4 is 11.7 Å². The van der Waals surface area contributed by atoms with E-state index in [1.54, 1.807) is 0 Å². The molecule has 0 bridgehead atoms. The Hall–Kier alpha value is -1.62. The van der Waals surface area contributed by atoms with Gasteiger partial charge in [0.25, 0.3) is 0 Å². The Morgan fingerprint density at radius 1 is 1.32 bits per heavy atom. The number of ketones is 1. The van der Waals surface area contributed by atoms with Crippen LogP contribution >= 0.6 is 0 Å². The third kappa shape index (κ3) is 4.68.